The topological polar surface area (TPSA) is 88.5 Å². The van der Waals surface area contributed by atoms with Crippen molar-refractivity contribution < 1.29 is 23.8 Å². The number of halogens is 4. The van der Waals surface area contributed by atoms with Gasteiger partial charge in [-0.15, -0.1) is 0 Å². The normalized spacial score (nSPS) is 13.5. The molecule has 1 amide bonds. The number of benzene rings is 2. The number of hydrogen-bond acceptors (Lipinski definition) is 5. The first kappa shape index (κ1) is 30.8. The second-order valence-electron chi connectivity index (χ2n) is 11.1. The number of esters is 1. The van der Waals surface area contributed by atoms with Gasteiger partial charge in [-0.1, -0.05) is 67.7 Å². The molecule has 0 aliphatic heterocycles. The Labute approximate surface area is 242 Å². The maximum absolute atomic E-state index is 14.0. The molecule has 0 aliphatic carbocycles. The van der Waals surface area contributed by atoms with Crippen molar-refractivity contribution in [2.75, 3.05) is 5.32 Å². The SMILES string of the molecule is CC(C)(C)OC(=O)CC(O)(c1ccc(F)cc1Cl)c1ccnc(-c2c(Cl)cccc2Cl)c1NC(=O)C(C)(C)C. The molecule has 0 fully saturated rings. The highest BCUT2D eigenvalue weighted by Crippen LogP contribution is 2.46. The third-order valence-electron chi connectivity index (χ3n) is 5.71. The Morgan fingerprint density at radius 1 is 0.949 bits per heavy atom. The highest BCUT2D eigenvalue weighted by Gasteiger charge is 2.41. The van der Waals surface area contributed by atoms with Gasteiger partial charge in [-0.25, -0.2) is 4.39 Å². The quantitative estimate of drug-likeness (QED) is 0.284. The van der Waals surface area contributed by atoms with Gasteiger partial charge in [0.05, 0.1) is 27.8 Å². The van der Waals surface area contributed by atoms with Crippen LogP contribution in [0.3, 0.4) is 0 Å². The van der Waals surface area contributed by atoms with Gasteiger partial charge >= 0.3 is 5.97 Å². The summed E-state index contributed by atoms with van der Waals surface area (Å²) >= 11 is 19.4. The minimum Gasteiger partial charge on any atom is -0.460 e. The lowest BCUT2D eigenvalue weighted by Crippen LogP contribution is -2.36. The van der Waals surface area contributed by atoms with Crippen molar-refractivity contribution in [1.29, 1.82) is 0 Å². The fourth-order valence-corrected chi connectivity index (χ4v) is 4.79. The van der Waals surface area contributed by atoms with Crippen LogP contribution in [0.25, 0.3) is 11.3 Å². The summed E-state index contributed by atoms with van der Waals surface area (Å²) in [6.07, 6.45) is 0.766. The van der Waals surface area contributed by atoms with Gasteiger partial charge < -0.3 is 15.2 Å². The van der Waals surface area contributed by atoms with E-state index in [1.54, 1.807) is 59.7 Å². The summed E-state index contributed by atoms with van der Waals surface area (Å²) in [7, 11) is 0. The largest absolute Gasteiger partial charge is 0.460 e. The summed E-state index contributed by atoms with van der Waals surface area (Å²) in [4.78, 5) is 30.8. The van der Waals surface area contributed by atoms with E-state index < -0.39 is 40.7 Å². The van der Waals surface area contributed by atoms with Crippen LogP contribution >= 0.6 is 34.8 Å². The number of anilines is 1. The molecular formula is C29H30Cl3FN2O4. The fraction of sp³-hybridized carbons (Fsp3) is 0.345. The van der Waals surface area contributed by atoms with Crippen LogP contribution in [0.4, 0.5) is 10.1 Å². The Hall–Kier alpha value is -2.71. The van der Waals surface area contributed by atoms with Crippen LogP contribution in [0, 0.1) is 11.2 Å². The van der Waals surface area contributed by atoms with Crippen molar-refractivity contribution in [3.05, 3.63) is 80.7 Å². The van der Waals surface area contributed by atoms with Crippen molar-refractivity contribution in [3.8, 4) is 11.3 Å². The Kier molecular flexibility index (Phi) is 9.02. The molecule has 2 N–H and O–H groups in total. The van der Waals surface area contributed by atoms with E-state index in [2.05, 4.69) is 10.3 Å². The predicted molar refractivity (Wildman–Crippen MR) is 153 cm³/mol. The van der Waals surface area contributed by atoms with Crippen LogP contribution < -0.4 is 5.32 Å². The maximum atomic E-state index is 14.0. The molecule has 2 aromatic carbocycles. The molecule has 1 atom stereocenters. The van der Waals surface area contributed by atoms with Gasteiger partial charge in [-0.3, -0.25) is 14.6 Å². The lowest BCUT2D eigenvalue weighted by Gasteiger charge is -2.33. The molecule has 1 aromatic heterocycles. The van der Waals surface area contributed by atoms with E-state index in [0.717, 1.165) is 12.1 Å². The van der Waals surface area contributed by atoms with Crippen molar-refractivity contribution >= 4 is 52.4 Å². The van der Waals surface area contributed by atoms with Crippen LogP contribution in [0.5, 0.6) is 0 Å². The van der Waals surface area contributed by atoms with Crippen molar-refractivity contribution in [2.24, 2.45) is 5.41 Å². The highest BCUT2D eigenvalue weighted by atomic mass is 35.5. The average Bonchev–Trinajstić information content (AvgIpc) is 2.77. The van der Waals surface area contributed by atoms with Crippen molar-refractivity contribution in [3.63, 3.8) is 0 Å². The summed E-state index contributed by atoms with van der Waals surface area (Å²) in [5.41, 5.74) is -3.32. The minimum absolute atomic E-state index is 0.0186. The lowest BCUT2D eigenvalue weighted by atomic mass is 9.81. The molecule has 208 valence electrons. The average molecular weight is 596 g/mol. The molecule has 3 aromatic rings. The molecule has 39 heavy (non-hydrogen) atoms. The highest BCUT2D eigenvalue weighted by molar-refractivity contribution is 6.39. The summed E-state index contributed by atoms with van der Waals surface area (Å²) in [5, 5.41) is 15.6. The van der Waals surface area contributed by atoms with Gasteiger partial charge in [0.1, 0.15) is 17.0 Å². The summed E-state index contributed by atoms with van der Waals surface area (Å²) in [6.45, 7) is 10.2. The van der Waals surface area contributed by atoms with Gasteiger partial charge in [-0.05, 0) is 51.1 Å². The zero-order valence-electron chi connectivity index (χ0n) is 22.5. The van der Waals surface area contributed by atoms with E-state index >= 15 is 0 Å². The second-order valence-corrected chi connectivity index (χ2v) is 12.4. The number of amides is 1. The number of rotatable bonds is 6. The van der Waals surface area contributed by atoms with Crippen LogP contribution in [-0.2, 0) is 19.9 Å². The Balaban J connectivity index is 2.40. The van der Waals surface area contributed by atoms with E-state index in [9.17, 15) is 19.1 Å². The van der Waals surface area contributed by atoms with Crippen LogP contribution in [0.2, 0.25) is 15.1 Å². The smallest absolute Gasteiger partial charge is 0.309 e. The monoisotopic (exact) mass is 594 g/mol. The molecule has 1 heterocycles. The van der Waals surface area contributed by atoms with Gasteiger partial charge in [-0.2, -0.15) is 0 Å². The van der Waals surface area contributed by atoms with E-state index in [0.29, 0.717) is 5.56 Å². The second kappa shape index (κ2) is 11.4. The van der Waals surface area contributed by atoms with Crippen molar-refractivity contribution in [2.45, 2.75) is 59.2 Å². The van der Waals surface area contributed by atoms with Crippen LogP contribution in [0.15, 0.2) is 48.7 Å². The first-order valence-electron chi connectivity index (χ1n) is 12.1. The van der Waals surface area contributed by atoms with Crippen molar-refractivity contribution in [1.82, 2.24) is 4.98 Å². The number of nitrogens with zero attached hydrogens (tertiary/aromatic N) is 1. The van der Waals surface area contributed by atoms with Gasteiger partial charge in [0.2, 0.25) is 5.91 Å². The number of carbonyl (C=O) groups is 2. The third kappa shape index (κ3) is 7.09. The minimum atomic E-state index is -2.20. The maximum Gasteiger partial charge on any atom is 0.309 e. The number of aromatic nitrogens is 1. The zero-order valence-corrected chi connectivity index (χ0v) is 24.7. The van der Waals surface area contributed by atoms with E-state index in [-0.39, 0.29) is 37.6 Å². The lowest BCUT2D eigenvalue weighted by molar-refractivity contribution is -0.159. The number of pyridine rings is 1. The molecule has 0 saturated heterocycles. The number of carbonyl (C=O) groups excluding carboxylic acids is 2. The van der Waals surface area contributed by atoms with Gasteiger partial charge in [0.15, 0.2) is 0 Å². The third-order valence-corrected chi connectivity index (χ3v) is 6.66. The number of nitrogens with one attached hydrogen (secondary N) is 1. The molecule has 0 bridgehead atoms. The first-order chi connectivity index (χ1) is 17.9. The van der Waals surface area contributed by atoms with Crippen LogP contribution in [-0.4, -0.2) is 27.6 Å². The number of hydrogen-bond donors (Lipinski definition) is 2. The predicted octanol–water partition coefficient (Wildman–Crippen LogP) is 7.80. The Morgan fingerprint density at radius 2 is 1.56 bits per heavy atom. The van der Waals surface area contributed by atoms with E-state index in [1.165, 1.54) is 18.3 Å². The molecule has 0 spiro atoms. The molecule has 3 rings (SSSR count). The molecular weight excluding hydrogens is 566 g/mol. The summed E-state index contributed by atoms with van der Waals surface area (Å²) in [6, 6.07) is 9.73. The number of aliphatic hydroxyl groups is 1. The van der Waals surface area contributed by atoms with E-state index in [1.807, 2.05) is 0 Å². The standard InChI is InChI=1S/C29H30Cl3FN2O4/c1-27(2,3)26(37)35-24-18(12-13-34-25(24)23-19(30)8-7-9-20(23)31)29(38,15-22(36)39-28(4,5)6)17-11-10-16(33)14-21(17)32/h7-14,38H,15H2,1-6H3,(H,35,37). The number of ether oxygens (including phenoxy) is 1. The Bertz CT molecular complexity index is 1400. The van der Waals surface area contributed by atoms with Gasteiger partial charge in [0, 0.05) is 33.3 Å². The molecule has 1 unspecified atom stereocenters. The van der Waals surface area contributed by atoms with Crippen LogP contribution in [0.1, 0.15) is 59.1 Å². The first-order valence-corrected chi connectivity index (χ1v) is 13.2. The summed E-state index contributed by atoms with van der Waals surface area (Å²) < 4.78 is 19.5. The van der Waals surface area contributed by atoms with Gasteiger partial charge in [0.25, 0.3) is 0 Å². The summed E-state index contributed by atoms with van der Waals surface area (Å²) in [5.74, 6) is -1.80. The molecule has 0 aliphatic rings. The zero-order chi connectivity index (χ0) is 29.3. The fourth-order valence-electron chi connectivity index (χ4n) is 3.89. The van der Waals surface area contributed by atoms with E-state index in [4.69, 9.17) is 39.5 Å². The molecule has 0 saturated carbocycles. The molecule has 0 radical (unpaired) electrons. The molecule has 6 nitrogen and oxygen atoms in total. The molecule has 10 heteroatoms. The Morgan fingerprint density at radius 3 is 2.10 bits per heavy atom.